The Balaban J connectivity index is 2.16. The van der Waals surface area contributed by atoms with Gasteiger partial charge in [0.1, 0.15) is 11.2 Å². The second-order valence-corrected chi connectivity index (χ2v) is 6.31. The predicted octanol–water partition coefficient (Wildman–Crippen LogP) is -1.07. The number of rotatable bonds is 5. The number of nitrogens with one attached hydrogen (secondary N) is 2. The number of aromatic amines is 1. The highest BCUT2D eigenvalue weighted by atomic mass is 32.2. The fourth-order valence-corrected chi connectivity index (χ4v) is 3.11. The lowest BCUT2D eigenvalue weighted by Crippen LogP contribution is -2.47. The van der Waals surface area contributed by atoms with Gasteiger partial charge in [-0.3, -0.25) is 5.10 Å². The fourth-order valence-electron chi connectivity index (χ4n) is 1.93. The van der Waals surface area contributed by atoms with Crippen LogP contribution < -0.4 is 4.72 Å². The first-order chi connectivity index (χ1) is 9.26. The second kappa shape index (κ2) is 5.13. The van der Waals surface area contributed by atoms with Crippen LogP contribution in [0.4, 0.5) is 0 Å². The Bertz CT molecular complexity index is 612. The summed E-state index contributed by atoms with van der Waals surface area (Å²) in [6, 6.07) is 0. The summed E-state index contributed by atoms with van der Waals surface area (Å²) in [5.74, 6) is -1.41. The molecular weight excluding hydrogens is 290 g/mol. The van der Waals surface area contributed by atoms with E-state index in [1.54, 1.807) is 6.92 Å². The summed E-state index contributed by atoms with van der Waals surface area (Å²) < 4.78 is 31.4. The summed E-state index contributed by atoms with van der Waals surface area (Å²) in [4.78, 5) is 10.9. The molecule has 0 aromatic carbocycles. The van der Waals surface area contributed by atoms with E-state index in [-0.39, 0.29) is 6.54 Å². The predicted molar refractivity (Wildman–Crippen MR) is 65.7 cm³/mol. The van der Waals surface area contributed by atoms with Gasteiger partial charge in [-0.15, -0.1) is 0 Å². The van der Waals surface area contributed by atoms with Gasteiger partial charge >= 0.3 is 5.97 Å². The lowest BCUT2D eigenvalue weighted by atomic mass is 9.97. The summed E-state index contributed by atoms with van der Waals surface area (Å²) in [5.41, 5.74) is -1.77. The van der Waals surface area contributed by atoms with Gasteiger partial charge in [0.05, 0.1) is 12.3 Å². The van der Waals surface area contributed by atoms with Gasteiger partial charge in [0.15, 0.2) is 5.03 Å². The van der Waals surface area contributed by atoms with E-state index in [4.69, 9.17) is 9.84 Å². The molecule has 2 heterocycles. The molecule has 0 spiro atoms. The zero-order valence-corrected chi connectivity index (χ0v) is 11.5. The first kappa shape index (κ1) is 14.9. The van der Waals surface area contributed by atoms with Crippen LogP contribution in [0.5, 0.6) is 0 Å². The molecule has 2 atom stereocenters. The lowest BCUT2D eigenvalue weighted by Gasteiger charge is -2.25. The number of H-pyrrole nitrogens is 1. The Morgan fingerprint density at radius 2 is 2.40 bits per heavy atom. The molecule has 1 saturated heterocycles. The third kappa shape index (κ3) is 2.68. The molecule has 112 valence electrons. The van der Waals surface area contributed by atoms with Gasteiger partial charge in [0.25, 0.3) is 10.0 Å². The van der Waals surface area contributed by atoms with Crippen molar-refractivity contribution in [3.63, 3.8) is 0 Å². The highest BCUT2D eigenvalue weighted by molar-refractivity contribution is 7.89. The molecule has 1 aliphatic rings. The molecule has 1 aromatic heterocycles. The third-order valence-electron chi connectivity index (χ3n) is 3.33. The van der Waals surface area contributed by atoms with Crippen molar-refractivity contribution in [2.75, 3.05) is 13.2 Å². The zero-order valence-electron chi connectivity index (χ0n) is 10.7. The molecule has 0 bridgehead atoms. The monoisotopic (exact) mass is 305 g/mol. The second-order valence-electron chi connectivity index (χ2n) is 4.61. The van der Waals surface area contributed by atoms with E-state index in [0.717, 1.165) is 6.20 Å². The standard InChI is InChI=1S/C10H15N3O6S/c1-6-10(16,2-3-19-6)5-12-20(17,18)8-7(9(14)15)4-11-13-8/h4,6,12,16H,2-3,5H2,1H3,(H,11,13)(H,14,15). The number of sulfonamides is 1. The Hall–Kier alpha value is -1.49. The SMILES string of the molecule is CC1OCCC1(O)CNS(=O)(=O)c1[nH]ncc1C(=O)O. The van der Waals surface area contributed by atoms with Crippen molar-refractivity contribution < 1.29 is 28.2 Å². The van der Waals surface area contributed by atoms with Crippen molar-refractivity contribution in [2.45, 2.75) is 30.1 Å². The van der Waals surface area contributed by atoms with E-state index in [2.05, 4.69) is 14.9 Å². The zero-order chi connectivity index (χ0) is 15.0. The molecule has 1 fully saturated rings. The van der Waals surface area contributed by atoms with E-state index >= 15 is 0 Å². The minimum absolute atomic E-state index is 0.269. The highest BCUT2D eigenvalue weighted by Crippen LogP contribution is 2.25. The fraction of sp³-hybridized carbons (Fsp3) is 0.600. The number of ether oxygens (including phenoxy) is 1. The Labute approximate surface area is 115 Å². The molecule has 2 unspecified atom stereocenters. The largest absolute Gasteiger partial charge is 0.478 e. The summed E-state index contributed by atoms with van der Waals surface area (Å²) >= 11 is 0. The molecule has 1 aliphatic heterocycles. The first-order valence-corrected chi connectivity index (χ1v) is 7.35. The molecule has 20 heavy (non-hydrogen) atoms. The van der Waals surface area contributed by atoms with Crippen LogP contribution in [0.3, 0.4) is 0 Å². The van der Waals surface area contributed by atoms with Gasteiger partial charge in [-0.05, 0) is 6.92 Å². The first-order valence-electron chi connectivity index (χ1n) is 5.86. The van der Waals surface area contributed by atoms with Crippen molar-refractivity contribution >= 4 is 16.0 Å². The van der Waals surface area contributed by atoms with Crippen LogP contribution in [0.25, 0.3) is 0 Å². The molecule has 0 aliphatic carbocycles. The summed E-state index contributed by atoms with van der Waals surface area (Å²) in [6.07, 6.45) is 0.698. The van der Waals surface area contributed by atoms with Crippen molar-refractivity contribution in [1.29, 1.82) is 0 Å². The van der Waals surface area contributed by atoms with Gasteiger partial charge in [0.2, 0.25) is 0 Å². The maximum atomic E-state index is 12.0. The summed E-state index contributed by atoms with van der Waals surface area (Å²) in [6.45, 7) is 1.71. The van der Waals surface area contributed by atoms with Gasteiger partial charge in [-0.2, -0.15) is 5.10 Å². The van der Waals surface area contributed by atoms with Gasteiger partial charge in [-0.1, -0.05) is 0 Å². The average molecular weight is 305 g/mol. The van der Waals surface area contributed by atoms with Crippen LogP contribution >= 0.6 is 0 Å². The number of hydrogen-bond donors (Lipinski definition) is 4. The molecule has 2 rings (SSSR count). The Kier molecular flexibility index (Phi) is 3.82. The number of hydrogen-bond acceptors (Lipinski definition) is 6. The smallest absolute Gasteiger partial charge is 0.340 e. The van der Waals surface area contributed by atoms with Crippen LogP contribution in [-0.2, 0) is 14.8 Å². The van der Waals surface area contributed by atoms with E-state index in [9.17, 15) is 18.3 Å². The normalized spacial score (nSPS) is 26.8. The van der Waals surface area contributed by atoms with E-state index < -0.39 is 38.3 Å². The number of carbonyl (C=O) groups is 1. The molecule has 1 aromatic rings. The van der Waals surface area contributed by atoms with Crippen LogP contribution in [0, 0.1) is 0 Å². The van der Waals surface area contributed by atoms with Gasteiger partial charge < -0.3 is 14.9 Å². The van der Waals surface area contributed by atoms with Crippen LogP contribution in [0.1, 0.15) is 23.7 Å². The topological polar surface area (TPSA) is 142 Å². The van der Waals surface area contributed by atoms with E-state index in [1.165, 1.54) is 0 Å². The summed E-state index contributed by atoms with van der Waals surface area (Å²) in [5, 5.41) is 24.1. The Morgan fingerprint density at radius 1 is 1.70 bits per heavy atom. The van der Waals surface area contributed by atoms with Crippen LogP contribution in [0.15, 0.2) is 11.2 Å². The molecule has 9 nitrogen and oxygen atoms in total. The highest BCUT2D eigenvalue weighted by Gasteiger charge is 2.40. The molecule has 0 radical (unpaired) electrons. The van der Waals surface area contributed by atoms with Gasteiger partial charge in [0, 0.05) is 19.6 Å². The number of carboxylic acids is 1. The van der Waals surface area contributed by atoms with Crippen molar-refractivity contribution in [3.8, 4) is 0 Å². The third-order valence-corrected chi connectivity index (χ3v) is 4.70. The number of aliphatic hydroxyl groups is 1. The van der Waals surface area contributed by atoms with Crippen LogP contribution in [0.2, 0.25) is 0 Å². The molecule has 4 N–H and O–H groups in total. The minimum Gasteiger partial charge on any atom is -0.478 e. The number of aromatic carboxylic acids is 1. The maximum Gasteiger partial charge on any atom is 0.340 e. The van der Waals surface area contributed by atoms with Crippen molar-refractivity contribution in [2.24, 2.45) is 0 Å². The number of carboxylic acid groups (broad SMARTS) is 1. The number of aromatic nitrogens is 2. The van der Waals surface area contributed by atoms with E-state index in [0.29, 0.717) is 13.0 Å². The minimum atomic E-state index is -4.11. The van der Waals surface area contributed by atoms with Crippen molar-refractivity contribution in [1.82, 2.24) is 14.9 Å². The van der Waals surface area contributed by atoms with Crippen molar-refractivity contribution in [3.05, 3.63) is 11.8 Å². The van der Waals surface area contributed by atoms with E-state index in [1.807, 2.05) is 0 Å². The molecular formula is C10H15N3O6S. The molecule has 10 heteroatoms. The quantitative estimate of drug-likeness (QED) is 0.542. The molecule has 0 amide bonds. The summed E-state index contributed by atoms with van der Waals surface area (Å²) in [7, 11) is -4.11. The number of nitrogens with zero attached hydrogens (tertiary/aromatic N) is 1. The molecule has 0 saturated carbocycles. The van der Waals surface area contributed by atoms with Gasteiger partial charge in [-0.25, -0.2) is 17.9 Å². The maximum absolute atomic E-state index is 12.0. The average Bonchev–Trinajstić information content (AvgIpc) is 2.96. The Morgan fingerprint density at radius 3 is 2.95 bits per heavy atom. The van der Waals surface area contributed by atoms with Crippen LogP contribution in [-0.4, -0.2) is 59.7 Å². The lowest BCUT2D eigenvalue weighted by molar-refractivity contribution is -0.0228.